The van der Waals surface area contributed by atoms with Gasteiger partial charge in [-0.05, 0) is 85.6 Å². The number of hydrogen-bond acceptors (Lipinski definition) is 6. The molecule has 0 amide bonds. The molecule has 0 bridgehead atoms. The van der Waals surface area contributed by atoms with Crippen LogP contribution in [-0.2, 0) is 0 Å². The number of esters is 2. The molecule has 6 nitrogen and oxygen atoms in total. The Labute approximate surface area is 213 Å². The van der Waals surface area contributed by atoms with Gasteiger partial charge < -0.3 is 18.9 Å². The summed E-state index contributed by atoms with van der Waals surface area (Å²) in [6, 6.07) is 19.9. The summed E-state index contributed by atoms with van der Waals surface area (Å²) in [4.78, 5) is 24.9. The average molecular weight is 489 g/mol. The molecule has 188 valence electrons. The van der Waals surface area contributed by atoms with Crippen molar-refractivity contribution in [2.24, 2.45) is 0 Å². The fourth-order valence-corrected chi connectivity index (χ4v) is 2.90. The molecule has 36 heavy (non-hydrogen) atoms. The van der Waals surface area contributed by atoms with Gasteiger partial charge in [-0.3, -0.25) is 0 Å². The van der Waals surface area contributed by atoms with Gasteiger partial charge in [-0.25, -0.2) is 9.59 Å². The summed E-state index contributed by atoms with van der Waals surface area (Å²) in [5.41, 5.74) is 0.813. The summed E-state index contributed by atoms with van der Waals surface area (Å²) < 4.78 is 22.2. The van der Waals surface area contributed by atoms with E-state index in [1.165, 1.54) is 11.8 Å². The lowest BCUT2D eigenvalue weighted by Gasteiger charge is -2.11. The van der Waals surface area contributed by atoms with Gasteiger partial charge in [0, 0.05) is 11.8 Å². The van der Waals surface area contributed by atoms with Crippen molar-refractivity contribution in [3.05, 3.63) is 95.8 Å². The normalized spacial score (nSPS) is 10.8. The standard InChI is InChI=1S/C30H32O6/c1-5-21(3)19-33-25-11-7-23(8-12-25)29(31)35-27-15-17-28(18-16-27)36-30(32)24-9-13-26(14-10-24)34-20-22(4)6-2/h7-18H,5-6,19-20H2,1-4H3. The molecule has 0 aliphatic rings. The minimum absolute atomic E-state index is 0.342. The van der Waals surface area contributed by atoms with Gasteiger partial charge in [0.25, 0.3) is 0 Å². The molecule has 0 aliphatic carbocycles. The lowest BCUT2D eigenvalue weighted by atomic mass is 10.1. The Morgan fingerprint density at radius 3 is 1.14 bits per heavy atom. The second kappa shape index (κ2) is 13.3. The van der Waals surface area contributed by atoms with Gasteiger partial charge in [0.1, 0.15) is 23.0 Å². The fourth-order valence-electron chi connectivity index (χ4n) is 2.90. The van der Waals surface area contributed by atoms with Crippen LogP contribution in [-0.4, -0.2) is 25.2 Å². The molecule has 0 heterocycles. The number of carbonyl (C=O) groups is 2. The topological polar surface area (TPSA) is 71.1 Å². The third kappa shape index (κ3) is 8.15. The van der Waals surface area contributed by atoms with Gasteiger partial charge in [-0.1, -0.05) is 27.7 Å². The molecule has 0 spiro atoms. The van der Waals surface area contributed by atoms with E-state index in [2.05, 4.69) is 13.8 Å². The Morgan fingerprint density at radius 2 is 0.833 bits per heavy atom. The van der Waals surface area contributed by atoms with Gasteiger partial charge in [0.15, 0.2) is 0 Å². The minimum atomic E-state index is -0.489. The Balaban J connectivity index is 1.50. The van der Waals surface area contributed by atoms with Gasteiger partial charge in [0.2, 0.25) is 0 Å². The quantitative estimate of drug-likeness (QED) is 0.204. The first-order valence-electron chi connectivity index (χ1n) is 12.0. The number of carbonyl (C=O) groups excluding carboxylic acids is 2. The fraction of sp³-hybridized carbons (Fsp3) is 0.267. The maximum Gasteiger partial charge on any atom is 0.343 e. The molecule has 3 rings (SSSR count). The average Bonchev–Trinajstić information content (AvgIpc) is 2.91. The van der Waals surface area contributed by atoms with Crippen LogP contribution in [0.1, 0.15) is 61.3 Å². The molecule has 0 N–H and O–H groups in total. The molecule has 0 aliphatic heterocycles. The van der Waals surface area contributed by atoms with E-state index in [1.54, 1.807) is 72.8 Å². The van der Waals surface area contributed by atoms with Crippen molar-refractivity contribution < 1.29 is 28.5 Å². The monoisotopic (exact) mass is 488 g/mol. The van der Waals surface area contributed by atoms with Crippen molar-refractivity contribution >= 4 is 11.9 Å². The molecule has 3 aromatic rings. The van der Waals surface area contributed by atoms with Crippen molar-refractivity contribution in [1.82, 2.24) is 0 Å². The first-order valence-corrected chi connectivity index (χ1v) is 12.0. The second-order valence-corrected chi connectivity index (χ2v) is 8.50. The molecule has 2 radical (unpaired) electrons. The van der Waals surface area contributed by atoms with Gasteiger partial charge in [0.05, 0.1) is 24.3 Å². The zero-order valence-electron chi connectivity index (χ0n) is 21.2. The number of benzene rings is 3. The molecule has 0 aromatic heterocycles. The van der Waals surface area contributed by atoms with Crippen LogP contribution in [0.2, 0.25) is 0 Å². The maximum atomic E-state index is 12.4. The SMILES string of the molecule is CC[C](C)COc1ccc(C(=O)Oc2ccc(OC(=O)c3ccc(OC[C](C)CC)cc3)cc2)cc1. The maximum absolute atomic E-state index is 12.4. The van der Waals surface area contributed by atoms with Crippen LogP contribution in [0.5, 0.6) is 23.0 Å². The number of hydrogen-bond donors (Lipinski definition) is 0. The van der Waals surface area contributed by atoms with Gasteiger partial charge in [-0.2, -0.15) is 0 Å². The molecular formula is C30H32O6. The van der Waals surface area contributed by atoms with Crippen LogP contribution in [0, 0.1) is 11.8 Å². The molecule has 0 unspecified atom stereocenters. The summed E-state index contributed by atoms with van der Waals surface area (Å²) >= 11 is 0. The summed E-state index contributed by atoms with van der Waals surface area (Å²) in [7, 11) is 0. The number of rotatable bonds is 12. The van der Waals surface area contributed by atoms with E-state index in [-0.39, 0.29) is 0 Å². The predicted molar refractivity (Wildman–Crippen MR) is 139 cm³/mol. The van der Waals surface area contributed by atoms with Crippen molar-refractivity contribution in [3.63, 3.8) is 0 Å². The first-order chi connectivity index (χ1) is 17.4. The van der Waals surface area contributed by atoms with E-state index < -0.39 is 11.9 Å². The minimum Gasteiger partial charge on any atom is -0.493 e. The molecule has 0 fully saturated rings. The Bertz CT molecular complexity index is 1010. The first kappa shape index (κ1) is 26.8. The van der Waals surface area contributed by atoms with Crippen molar-refractivity contribution in [3.8, 4) is 23.0 Å². The van der Waals surface area contributed by atoms with Crippen LogP contribution in [0.3, 0.4) is 0 Å². The lowest BCUT2D eigenvalue weighted by Crippen LogP contribution is -2.10. The smallest absolute Gasteiger partial charge is 0.343 e. The molecule has 0 atom stereocenters. The molecule has 3 aromatic carbocycles. The molecule has 0 saturated carbocycles. The largest absolute Gasteiger partial charge is 0.493 e. The van der Waals surface area contributed by atoms with E-state index >= 15 is 0 Å². The van der Waals surface area contributed by atoms with Crippen molar-refractivity contribution in [2.75, 3.05) is 13.2 Å². The Hall–Kier alpha value is -3.80. The van der Waals surface area contributed by atoms with Crippen LogP contribution in [0.15, 0.2) is 72.8 Å². The van der Waals surface area contributed by atoms with E-state index in [9.17, 15) is 9.59 Å². The Morgan fingerprint density at radius 1 is 0.528 bits per heavy atom. The third-order valence-electron chi connectivity index (χ3n) is 5.60. The van der Waals surface area contributed by atoms with E-state index in [1.807, 2.05) is 13.8 Å². The highest BCUT2D eigenvalue weighted by Crippen LogP contribution is 2.22. The van der Waals surface area contributed by atoms with Crippen LogP contribution in [0.4, 0.5) is 0 Å². The zero-order chi connectivity index (χ0) is 25.9. The summed E-state index contributed by atoms with van der Waals surface area (Å²) in [6.07, 6.45) is 1.92. The highest BCUT2D eigenvalue weighted by molar-refractivity contribution is 5.92. The van der Waals surface area contributed by atoms with Gasteiger partial charge in [-0.15, -0.1) is 0 Å². The van der Waals surface area contributed by atoms with Crippen LogP contribution >= 0.6 is 0 Å². The van der Waals surface area contributed by atoms with Gasteiger partial charge >= 0.3 is 11.9 Å². The molecular weight excluding hydrogens is 456 g/mol. The highest BCUT2D eigenvalue weighted by Gasteiger charge is 2.12. The third-order valence-corrected chi connectivity index (χ3v) is 5.60. The molecule has 6 heteroatoms. The zero-order valence-corrected chi connectivity index (χ0v) is 21.2. The number of ether oxygens (including phenoxy) is 4. The predicted octanol–water partition coefficient (Wildman–Crippen LogP) is 6.89. The Kier molecular flexibility index (Phi) is 9.92. The lowest BCUT2D eigenvalue weighted by molar-refractivity contribution is 0.0719. The van der Waals surface area contributed by atoms with Crippen LogP contribution in [0.25, 0.3) is 0 Å². The highest BCUT2D eigenvalue weighted by atomic mass is 16.5. The van der Waals surface area contributed by atoms with E-state index in [0.29, 0.717) is 47.3 Å². The van der Waals surface area contributed by atoms with E-state index in [0.717, 1.165) is 12.8 Å². The summed E-state index contributed by atoms with van der Waals surface area (Å²) in [5, 5.41) is 0. The van der Waals surface area contributed by atoms with Crippen molar-refractivity contribution in [1.29, 1.82) is 0 Å². The molecule has 0 saturated heterocycles. The van der Waals surface area contributed by atoms with Crippen molar-refractivity contribution in [2.45, 2.75) is 40.5 Å². The van der Waals surface area contributed by atoms with E-state index in [4.69, 9.17) is 18.9 Å². The summed E-state index contributed by atoms with van der Waals surface area (Å²) in [6.45, 7) is 9.34. The second-order valence-electron chi connectivity index (χ2n) is 8.50. The van der Waals surface area contributed by atoms with Crippen LogP contribution < -0.4 is 18.9 Å². The summed E-state index contributed by atoms with van der Waals surface area (Å²) in [5.74, 6) is 3.57.